The highest BCUT2D eigenvalue weighted by Crippen LogP contribution is 2.50. The second-order valence-corrected chi connectivity index (χ2v) is 15.2. The number of amides is 1. The smallest absolute Gasteiger partial charge is 0.416 e. The van der Waals surface area contributed by atoms with Gasteiger partial charge < -0.3 is 19.1 Å². The molecule has 3 aromatic rings. The number of nitrogens with one attached hydrogen (secondary N) is 1. The third kappa shape index (κ3) is 6.67. The number of aromatic amines is 1. The molecule has 10 nitrogen and oxygen atoms in total. The number of nitrogens with zero attached hydrogens (tertiary/aromatic N) is 4. The van der Waals surface area contributed by atoms with Gasteiger partial charge in [0.2, 0.25) is 5.88 Å². The zero-order chi connectivity index (χ0) is 32.8. The minimum Gasteiger partial charge on any atom is -0.458 e. The number of H-pyrrole nitrogens is 1. The van der Waals surface area contributed by atoms with E-state index in [4.69, 9.17) is 42.4 Å². The normalized spacial score (nSPS) is 22.7. The first-order valence-electron chi connectivity index (χ1n) is 15.4. The SMILES string of the molecule is CC1CC(C(C)(C)C)C(OC(=O)c2c(C#N)c(OC(=O)N3CCOCC3)n3[nH]c(-c4ccc(Cl)c(Cl)c4)nc23)C(C(C)(C)C)C1. The topological polar surface area (TPSA) is 122 Å². The molecule has 3 heterocycles. The molecule has 12 heteroatoms. The van der Waals surface area contributed by atoms with Crippen LogP contribution in [0.1, 0.15) is 77.2 Å². The monoisotopic (exact) mass is 657 g/mol. The Bertz CT molecular complexity index is 1610. The molecule has 2 unspecified atom stereocenters. The number of aromatic nitrogens is 3. The number of morpholine rings is 1. The Morgan fingerprint density at radius 2 is 1.67 bits per heavy atom. The van der Waals surface area contributed by atoms with Crippen molar-refractivity contribution in [3.05, 3.63) is 39.4 Å². The van der Waals surface area contributed by atoms with Crippen molar-refractivity contribution in [2.75, 3.05) is 26.3 Å². The largest absolute Gasteiger partial charge is 0.458 e. The van der Waals surface area contributed by atoms with E-state index in [1.807, 2.05) is 0 Å². The molecule has 1 saturated carbocycles. The number of ether oxygens (including phenoxy) is 3. The van der Waals surface area contributed by atoms with Crippen LogP contribution < -0.4 is 4.74 Å². The Kier molecular flexibility index (Phi) is 9.20. The third-order valence-corrected chi connectivity index (χ3v) is 9.81. The maximum Gasteiger partial charge on any atom is 0.416 e. The van der Waals surface area contributed by atoms with Crippen molar-refractivity contribution in [2.24, 2.45) is 28.6 Å². The average molecular weight is 659 g/mol. The number of rotatable bonds is 4. The van der Waals surface area contributed by atoms with Crippen LogP contribution in [0.15, 0.2) is 18.2 Å². The summed E-state index contributed by atoms with van der Waals surface area (Å²) in [7, 11) is 0. The zero-order valence-corrected chi connectivity index (χ0v) is 28.4. The summed E-state index contributed by atoms with van der Waals surface area (Å²) < 4.78 is 19.0. The predicted molar refractivity (Wildman–Crippen MR) is 172 cm³/mol. The third-order valence-electron chi connectivity index (χ3n) is 9.07. The van der Waals surface area contributed by atoms with Crippen molar-refractivity contribution in [3.8, 4) is 23.3 Å². The number of fused-ring (bicyclic) bond motifs is 1. The summed E-state index contributed by atoms with van der Waals surface area (Å²) in [5.74, 6) is 0.137. The number of hydrogen-bond acceptors (Lipinski definition) is 7. The van der Waals surface area contributed by atoms with Crippen molar-refractivity contribution in [1.29, 1.82) is 5.26 Å². The highest BCUT2D eigenvalue weighted by molar-refractivity contribution is 6.42. The van der Waals surface area contributed by atoms with Gasteiger partial charge in [0.1, 0.15) is 23.3 Å². The van der Waals surface area contributed by atoms with Crippen LogP contribution in [0, 0.1) is 39.9 Å². The van der Waals surface area contributed by atoms with Gasteiger partial charge in [-0.05, 0) is 47.8 Å². The molecule has 0 spiro atoms. The fourth-order valence-electron chi connectivity index (χ4n) is 6.60. The van der Waals surface area contributed by atoms with E-state index in [0.717, 1.165) is 12.8 Å². The fourth-order valence-corrected chi connectivity index (χ4v) is 6.89. The van der Waals surface area contributed by atoms with Crippen LogP contribution in [0.2, 0.25) is 10.0 Å². The van der Waals surface area contributed by atoms with Gasteiger partial charge in [0.25, 0.3) is 0 Å². The number of carbonyl (C=O) groups is 2. The van der Waals surface area contributed by atoms with Gasteiger partial charge in [0.15, 0.2) is 11.5 Å². The van der Waals surface area contributed by atoms with Gasteiger partial charge in [-0.25, -0.2) is 19.1 Å². The second-order valence-electron chi connectivity index (χ2n) is 14.4. The molecule has 1 aliphatic heterocycles. The first kappa shape index (κ1) is 33.1. The van der Waals surface area contributed by atoms with E-state index in [1.54, 1.807) is 18.2 Å². The molecule has 1 amide bonds. The van der Waals surface area contributed by atoms with Crippen molar-refractivity contribution < 1.29 is 23.8 Å². The van der Waals surface area contributed by atoms with Crippen LogP contribution >= 0.6 is 23.2 Å². The van der Waals surface area contributed by atoms with E-state index in [0.29, 0.717) is 53.7 Å². The van der Waals surface area contributed by atoms with E-state index >= 15 is 0 Å². The summed E-state index contributed by atoms with van der Waals surface area (Å²) in [4.78, 5) is 33.7. The standard InChI is InChI=1S/C33H41Cl2N5O5/c1-18-14-21(32(2,3)4)26(22(15-18)33(5,6)7)44-30(41)25-20(17-36)29(45-31(42)39-10-12-43-13-11-39)40-28(25)37-27(38-40)19-8-9-23(34)24(35)16-19/h8-9,16,18,21-22,26H,10-15H2,1-7H3,(H,37,38). The van der Waals surface area contributed by atoms with E-state index < -0.39 is 18.2 Å². The number of benzene rings is 1. The minimum absolute atomic E-state index is 0.0659. The lowest BCUT2D eigenvalue weighted by Gasteiger charge is -2.50. The van der Waals surface area contributed by atoms with Gasteiger partial charge in [0.05, 0.1) is 23.3 Å². The maximum absolute atomic E-state index is 14.3. The van der Waals surface area contributed by atoms with Gasteiger partial charge in [-0.3, -0.25) is 5.10 Å². The van der Waals surface area contributed by atoms with Crippen LogP contribution in [0.4, 0.5) is 4.79 Å². The molecule has 0 radical (unpaired) electrons. The van der Waals surface area contributed by atoms with Crippen LogP contribution in [0.3, 0.4) is 0 Å². The van der Waals surface area contributed by atoms with E-state index in [-0.39, 0.29) is 45.3 Å². The lowest BCUT2D eigenvalue weighted by molar-refractivity contribution is -0.0922. The molecule has 1 saturated heterocycles. The van der Waals surface area contributed by atoms with Gasteiger partial charge >= 0.3 is 12.1 Å². The second kappa shape index (κ2) is 12.5. The maximum atomic E-state index is 14.3. The Balaban J connectivity index is 1.62. The van der Waals surface area contributed by atoms with E-state index in [9.17, 15) is 14.9 Å². The molecular formula is C33H41Cl2N5O5. The highest BCUT2D eigenvalue weighted by Gasteiger charge is 2.48. The fraction of sp³-hybridized carbons (Fsp3) is 0.576. The number of halogens is 2. The van der Waals surface area contributed by atoms with E-state index in [1.165, 1.54) is 9.42 Å². The molecule has 2 fully saturated rings. The zero-order valence-electron chi connectivity index (χ0n) is 26.9. The van der Waals surface area contributed by atoms with Crippen LogP contribution in [0.5, 0.6) is 5.88 Å². The molecule has 1 aromatic carbocycles. The van der Waals surface area contributed by atoms with Crippen LogP contribution in [-0.2, 0) is 9.47 Å². The molecule has 1 aliphatic carbocycles. The molecule has 0 bridgehead atoms. The Morgan fingerprint density at radius 3 is 2.22 bits per heavy atom. The summed E-state index contributed by atoms with van der Waals surface area (Å²) >= 11 is 12.4. The average Bonchev–Trinajstić information content (AvgIpc) is 3.52. The van der Waals surface area contributed by atoms with Gasteiger partial charge in [0, 0.05) is 30.5 Å². The molecule has 45 heavy (non-hydrogen) atoms. The van der Waals surface area contributed by atoms with Crippen molar-refractivity contribution in [1.82, 2.24) is 19.5 Å². The summed E-state index contributed by atoms with van der Waals surface area (Å²) in [5, 5.41) is 14.2. The molecule has 242 valence electrons. The molecule has 1 N–H and O–H groups in total. The minimum atomic E-state index is -0.687. The van der Waals surface area contributed by atoms with Crippen LogP contribution in [0.25, 0.3) is 17.0 Å². The van der Waals surface area contributed by atoms with Crippen molar-refractivity contribution >= 4 is 40.9 Å². The number of hydrogen-bond donors (Lipinski definition) is 1. The van der Waals surface area contributed by atoms with Crippen molar-refractivity contribution in [2.45, 2.75) is 67.4 Å². The number of carbonyl (C=O) groups excluding carboxylic acids is 2. The van der Waals surface area contributed by atoms with Gasteiger partial charge in [-0.1, -0.05) is 71.7 Å². The lowest BCUT2D eigenvalue weighted by atomic mass is 9.59. The highest BCUT2D eigenvalue weighted by atomic mass is 35.5. The number of nitriles is 1. The lowest BCUT2D eigenvalue weighted by Crippen LogP contribution is -2.49. The number of esters is 1. The quantitative estimate of drug-likeness (QED) is 0.286. The van der Waals surface area contributed by atoms with Gasteiger partial charge in [-0.2, -0.15) is 5.26 Å². The Hall–Kier alpha value is -3.26. The molecule has 2 atom stereocenters. The Labute approximate surface area is 273 Å². The van der Waals surface area contributed by atoms with Crippen LogP contribution in [-0.4, -0.2) is 64.0 Å². The van der Waals surface area contributed by atoms with E-state index in [2.05, 4.69) is 59.6 Å². The summed E-state index contributed by atoms with van der Waals surface area (Å²) in [6.45, 7) is 16.7. The first-order chi connectivity index (χ1) is 21.1. The molecule has 2 aliphatic rings. The predicted octanol–water partition coefficient (Wildman–Crippen LogP) is 7.62. The summed E-state index contributed by atoms with van der Waals surface area (Å²) in [5.41, 5.74) is 0.213. The van der Waals surface area contributed by atoms with Gasteiger partial charge in [-0.15, -0.1) is 0 Å². The molecular weight excluding hydrogens is 617 g/mol. The molecule has 5 rings (SSSR count). The summed E-state index contributed by atoms with van der Waals surface area (Å²) in [6, 6.07) is 7.08. The molecule has 2 aromatic heterocycles. The Morgan fingerprint density at radius 1 is 1.04 bits per heavy atom. The van der Waals surface area contributed by atoms with Crippen molar-refractivity contribution in [3.63, 3.8) is 0 Å². The summed E-state index contributed by atoms with van der Waals surface area (Å²) in [6.07, 6.45) is 0.761. The first-order valence-corrected chi connectivity index (χ1v) is 16.1.